The SMILES string of the molecule is CC(C)OCCCNC(=O)CN1C(=O)CCSc2ccccc21. The molecule has 1 aliphatic heterocycles. The first-order valence-electron chi connectivity index (χ1n) is 7.98. The molecule has 0 aromatic heterocycles. The number of carbonyl (C=O) groups excluding carboxylic acids is 2. The third-order valence-electron chi connectivity index (χ3n) is 3.43. The van der Waals surface area contributed by atoms with E-state index in [1.165, 1.54) is 0 Å². The van der Waals surface area contributed by atoms with E-state index in [2.05, 4.69) is 5.32 Å². The summed E-state index contributed by atoms with van der Waals surface area (Å²) in [6, 6.07) is 7.74. The summed E-state index contributed by atoms with van der Waals surface area (Å²) in [4.78, 5) is 27.0. The number of para-hydroxylation sites is 1. The number of benzene rings is 1. The summed E-state index contributed by atoms with van der Waals surface area (Å²) in [5, 5.41) is 2.86. The summed E-state index contributed by atoms with van der Waals surface area (Å²) >= 11 is 1.66. The first-order chi connectivity index (χ1) is 11.1. The molecule has 1 aromatic rings. The Morgan fingerprint density at radius 3 is 2.96 bits per heavy atom. The van der Waals surface area contributed by atoms with E-state index in [9.17, 15) is 9.59 Å². The van der Waals surface area contributed by atoms with Crippen molar-refractivity contribution in [3.8, 4) is 0 Å². The first kappa shape index (κ1) is 17.8. The number of ether oxygens (including phenoxy) is 1. The van der Waals surface area contributed by atoms with Crippen LogP contribution >= 0.6 is 11.8 Å². The van der Waals surface area contributed by atoms with Gasteiger partial charge in [0.2, 0.25) is 11.8 Å². The molecule has 2 amide bonds. The molecule has 0 fully saturated rings. The average molecular weight is 336 g/mol. The van der Waals surface area contributed by atoms with Crippen molar-refractivity contribution in [1.82, 2.24) is 5.32 Å². The fraction of sp³-hybridized carbons (Fsp3) is 0.529. The number of hydrogen-bond acceptors (Lipinski definition) is 4. The van der Waals surface area contributed by atoms with Gasteiger partial charge in [-0.2, -0.15) is 0 Å². The smallest absolute Gasteiger partial charge is 0.240 e. The third-order valence-corrected chi connectivity index (χ3v) is 4.49. The van der Waals surface area contributed by atoms with Crippen LogP contribution in [0.3, 0.4) is 0 Å². The van der Waals surface area contributed by atoms with Crippen LogP contribution in [0.25, 0.3) is 0 Å². The minimum atomic E-state index is -0.135. The van der Waals surface area contributed by atoms with Crippen molar-refractivity contribution in [2.45, 2.75) is 37.7 Å². The number of thioether (sulfide) groups is 1. The number of fused-ring (bicyclic) bond motifs is 1. The van der Waals surface area contributed by atoms with Gasteiger partial charge in [-0.1, -0.05) is 12.1 Å². The molecule has 23 heavy (non-hydrogen) atoms. The second-order valence-electron chi connectivity index (χ2n) is 5.67. The van der Waals surface area contributed by atoms with Crippen LogP contribution in [-0.4, -0.2) is 43.4 Å². The Morgan fingerprint density at radius 2 is 2.17 bits per heavy atom. The van der Waals surface area contributed by atoms with E-state index in [1.807, 2.05) is 38.1 Å². The van der Waals surface area contributed by atoms with Crippen LogP contribution in [0.5, 0.6) is 0 Å². The topological polar surface area (TPSA) is 58.6 Å². The molecule has 1 N–H and O–H groups in total. The Balaban J connectivity index is 1.88. The molecule has 5 nitrogen and oxygen atoms in total. The van der Waals surface area contributed by atoms with Crippen LogP contribution in [-0.2, 0) is 14.3 Å². The van der Waals surface area contributed by atoms with E-state index < -0.39 is 0 Å². The van der Waals surface area contributed by atoms with Gasteiger partial charge in [0.25, 0.3) is 0 Å². The number of carbonyl (C=O) groups is 2. The molecule has 0 unspecified atom stereocenters. The molecular weight excluding hydrogens is 312 g/mol. The Hall–Kier alpha value is -1.53. The van der Waals surface area contributed by atoms with Crippen LogP contribution in [0.4, 0.5) is 5.69 Å². The highest BCUT2D eigenvalue weighted by atomic mass is 32.2. The Morgan fingerprint density at radius 1 is 1.39 bits per heavy atom. The molecule has 0 saturated carbocycles. The summed E-state index contributed by atoms with van der Waals surface area (Å²) in [6.07, 6.45) is 1.42. The lowest BCUT2D eigenvalue weighted by Gasteiger charge is -2.22. The molecule has 1 heterocycles. The van der Waals surface area contributed by atoms with E-state index in [0.29, 0.717) is 19.6 Å². The van der Waals surface area contributed by atoms with E-state index in [1.54, 1.807) is 16.7 Å². The maximum absolute atomic E-state index is 12.3. The van der Waals surface area contributed by atoms with Crippen LogP contribution in [0.1, 0.15) is 26.7 Å². The maximum atomic E-state index is 12.3. The van der Waals surface area contributed by atoms with E-state index in [0.717, 1.165) is 22.8 Å². The number of nitrogens with zero attached hydrogens (tertiary/aromatic N) is 1. The molecule has 126 valence electrons. The zero-order valence-corrected chi connectivity index (χ0v) is 14.5. The summed E-state index contributed by atoms with van der Waals surface area (Å²) in [5.74, 6) is 0.617. The van der Waals surface area contributed by atoms with Crippen molar-refractivity contribution in [1.29, 1.82) is 0 Å². The highest BCUT2D eigenvalue weighted by molar-refractivity contribution is 7.99. The maximum Gasteiger partial charge on any atom is 0.240 e. The molecular formula is C17H24N2O3S. The van der Waals surface area contributed by atoms with Gasteiger partial charge in [-0.25, -0.2) is 0 Å². The third kappa shape index (κ3) is 5.55. The van der Waals surface area contributed by atoms with Crippen LogP contribution in [0.15, 0.2) is 29.2 Å². The minimum absolute atomic E-state index is 0.000686. The molecule has 2 rings (SSSR count). The van der Waals surface area contributed by atoms with Gasteiger partial charge in [-0.15, -0.1) is 11.8 Å². The summed E-state index contributed by atoms with van der Waals surface area (Å²) in [6.45, 7) is 5.23. The average Bonchev–Trinajstić information content (AvgIpc) is 2.67. The number of nitrogens with one attached hydrogen (secondary N) is 1. The van der Waals surface area contributed by atoms with Gasteiger partial charge in [0, 0.05) is 30.2 Å². The summed E-state index contributed by atoms with van der Waals surface area (Å²) < 4.78 is 5.44. The van der Waals surface area contributed by atoms with Gasteiger partial charge in [-0.05, 0) is 32.4 Å². The monoisotopic (exact) mass is 336 g/mol. The van der Waals surface area contributed by atoms with Gasteiger partial charge in [0.1, 0.15) is 6.54 Å². The summed E-state index contributed by atoms with van der Waals surface area (Å²) in [7, 11) is 0. The summed E-state index contributed by atoms with van der Waals surface area (Å²) in [5.41, 5.74) is 0.832. The van der Waals surface area contributed by atoms with E-state index in [-0.39, 0.29) is 24.5 Å². The Labute approximate surface area is 141 Å². The largest absolute Gasteiger partial charge is 0.379 e. The van der Waals surface area contributed by atoms with Crippen molar-refractivity contribution in [2.75, 3.05) is 30.3 Å². The number of hydrogen-bond donors (Lipinski definition) is 1. The molecule has 0 radical (unpaired) electrons. The normalized spacial score (nSPS) is 14.6. The fourth-order valence-electron chi connectivity index (χ4n) is 2.31. The lowest BCUT2D eigenvalue weighted by molar-refractivity contribution is -0.123. The van der Waals surface area contributed by atoms with Crippen molar-refractivity contribution >= 4 is 29.3 Å². The van der Waals surface area contributed by atoms with E-state index >= 15 is 0 Å². The molecule has 0 bridgehead atoms. The molecule has 6 heteroatoms. The highest BCUT2D eigenvalue weighted by Crippen LogP contribution is 2.33. The minimum Gasteiger partial charge on any atom is -0.379 e. The molecule has 0 saturated heterocycles. The van der Waals surface area contributed by atoms with Crippen LogP contribution in [0.2, 0.25) is 0 Å². The zero-order chi connectivity index (χ0) is 16.7. The lowest BCUT2D eigenvalue weighted by atomic mass is 10.2. The molecule has 0 atom stereocenters. The zero-order valence-electron chi connectivity index (χ0n) is 13.7. The van der Waals surface area contributed by atoms with Crippen LogP contribution in [0, 0.1) is 0 Å². The molecule has 1 aliphatic rings. The Bertz CT molecular complexity index is 548. The molecule has 0 spiro atoms. The van der Waals surface area contributed by atoms with Gasteiger partial charge in [0.05, 0.1) is 11.8 Å². The van der Waals surface area contributed by atoms with Gasteiger partial charge in [-0.3, -0.25) is 9.59 Å². The quantitative estimate of drug-likeness (QED) is 0.777. The number of rotatable bonds is 7. The highest BCUT2D eigenvalue weighted by Gasteiger charge is 2.24. The van der Waals surface area contributed by atoms with Crippen molar-refractivity contribution in [3.63, 3.8) is 0 Å². The second kappa shape index (κ2) is 8.93. The molecule has 0 aliphatic carbocycles. The van der Waals surface area contributed by atoms with Crippen LogP contribution < -0.4 is 10.2 Å². The predicted octanol–water partition coefficient (Wildman–Crippen LogP) is 2.45. The lowest BCUT2D eigenvalue weighted by Crippen LogP contribution is -2.41. The number of anilines is 1. The molecule has 1 aromatic carbocycles. The van der Waals surface area contributed by atoms with Crippen molar-refractivity contribution in [3.05, 3.63) is 24.3 Å². The Kier molecular flexibility index (Phi) is 6.92. The number of amides is 2. The predicted molar refractivity (Wildman–Crippen MR) is 92.9 cm³/mol. The van der Waals surface area contributed by atoms with Crippen molar-refractivity contribution < 1.29 is 14.3 Å². The van der Waals surface area contributed by atoms with E-state index in [4.69, 9.17) is 4.74 Å². The fourth-order valence-corrected chi connectivity index (χ4v) is 3.31. The second-order valence-corrected chi connectivity index (χ2v) is 6.81. The van der Waals surface area contributed by atoms with Gasteiger partial charge in [0.15, 0.2) is 0 Å². The standard InChI is InChI=1S/C17H24N2O3S/c1-13(2)22-10-5-9-18-16(20)12-19-14-6-3-4-7-15(14)23-11-8-17(19)21/h3-4,6-7,13H,5,8-12H2,1-2H3,(H,18,20). The van der Waals surface area contributed by atoms with Gasteiger partial charge < -0.3 is 15.0 Å². The van der Waals surface area contributed by atoms with Gasteiger partial charge >= 0.3 is 0 Å². The first-order valence-corrected chi connectivity index (χ1v) is 8.97. The van der Waals surface area contributed by atoms with Crippen molar-refractivity contribution in [2.24, 2.45) is 0 Å².